The number of thioether (sulfide) groups is 1. The fraction of sp³-hybridized carbons (Fsp3) is 0.444. The lowest BCUT2D eigenvalue weighted by molar-refractivity contribution is -0.131. The van der Waals surface area contributed by atoms with Crippen LogP contribution in [0.4, 0.5) is 0 Å². The van der Waals surface area contributed by atoms with Gasteiger partial charge in [0.1, 0.15) is 6.33 Å². The maximum atomic E-state index is 12.4. The van der Waals surface area contributed by atoms with Crippen molar-refractivity contribution in [2.24, 2.45) is 5.92 Å². The van der Waals surface area contributed by atoms with Crippen LogP contribution in [0.2, 0.25) is 0 Å². The van der Waals surface area contributed by atoms with Gasteiger partial charge in [-0.1, -0.05) is 0 Å². The van der Waals surface area contributed by atoms with E-state index in [1.165, 1.54) is 6.33 Å². The first-order valence-corrected chi connectivity index (χ1v) is 9.82. The number of pyridine rings is 1. The summed E-state index contributed by atoms with van der Waals surface area (Å²) in [6, 6.07) is 3.50. The van der Waals surface area contributed by atoms with Crippen molar-refractivity contribution in [3.8, 4) is 11.1 Å². The Labute approximate surface area is 150 Å². The van der Waals surface area contributed by atoms with Crippen LogP contribution < -0.4 is 5.56 Å². The topological polar surface area (TPSA) is 68.1 Å². The van der Waals surface area contributed by atoms with Gasteiger partial charge in [0.2, 0.25) is 5.91 Å². The van der Waals surface area contributed by atoms with E-state index in [1.54, 1.807) is 30.2 Å². The van der Waals surface area contributed by atoms with E-state index in [9.17, 15) is 9.59 Å². The standard InChI is InChI=1S/C18H20N4O2S/c1-25-10-17(24)21-7-12-4-13(9-21)18-15(14-5-19-11-20-6-14)2-3-16(23)22(18)8-12/h2-3,5-6,11-13H,4,7-10H2,1H3. The Balaban J connectivity index is 1.77. The molecule has 0 aliphatic carbocycles. The second kappa shape index (κ2) is 6.63. The summed E-state index contributed by atoms with van der Waals surface area (Å²) in [5.74, 6) is 1.23. The van der Waals surface area contributed by atoms with Crippen LogP contribution >= 0.6 is 11.8 Å². The number of fused-ring (bicyclic) bond motifs is 4. The fourth-order valence-corrected chi connectivity index (χ4v) is 4.55. The van der Waals surface area contributed by atoms with Gasteiger partial charge in [-0.3, -0.25) is 9.59 Å². The summed E-state index contributed by atoms with van der Waals surface area (Å²) in [6.07, 6.45) is 8.03. The van der Waals surface area contributed by atoms with Crippen molar-refractivity contribution in [2.45, 2.75) is 18.9 Å². The Morgan fingerprint density at radius 1 is 1.24 bits per heavy atom. The summed E-state index contributed by atoms with van der Waals surface area (Å²) in [6.45, 7) is 2.11. The number of hydrogen-bond acceptors (Lipinski definition) is 5. The molecule has 0 saturated carbocycles. The van der Waals surface area contributed by atoms with Crippen LogP contribution in [-0.4, -0.2) is 50.4 Å². The summed E-state index contributed by atoms with van der Waals surface area (Å²) in [5.41, 5.74) is 2.98. The number of amides is 1. The smallest absolute Gasteiger partial charge is 0.250 e. The molecule has 0 aromatic carbocycles. The van der Waals surface area contributed by atoms with E-state index in [1.807, 2.05) is 21.8 Å². The van der Waals surface area contributed by atoms with Crippen LogP contribution in [0.1, 0.15) is 18.0 Å². The molecule has 130 valence electrons. The van der Waals surface area contributed by atoms with Crippen LogP contribution in [0.15, 0.2) is 35.6 Å². The summed E-state index contributed by atoms with van der Waals surface area (Å²) in [5, 5.41) is 0. The zero-order valence-corrected chi connectivity index (χ0v) is 14.9. The Bertz CT molecular complexity index is 852. The van der Waals surface area contributed by atoms with Gasteiger partial charge in [-0.15, -0.1) is 0 Å². The highest BCUT2D eigenvalue weighted by Crippen LogP contribution is 2.39. The zero-order valence-electron chi connectivity index (χ0n) is 14.1. The van der Waals surface area contributed by atoms with Gasteiger partial charge in [-0.05, 0) is 24.7 Å². The Morgan fingerprint density at radius 3 is 2.80 bits per heavy atom. The number of piperidine rings is 1. The predicted molar refractivity (Wildman–Crippen MR) is 97.5 cm³/mol. The van der Waals surface area contributed by atoms with Crippen molar-refractivity contribution in [3.05, 3.63) is 46.9 Å². The lowest BCUT2D eigenvalue weighted by Gasteiger charge is -2.43. The molecular formula is C18H20N4O2S. The molecule has 0 N–H and O–H groups in total. The van der Waals surface area contributed by atoms with Crippen LogP contribution in [-0.2, 0) is 11.3 Å². The molecule has 1 amide bonds. The molecular weight excluding hydrogens is 336 g/mol. The molecule has 2 atom stereocenters. The van der Waals surface area contributed by atoms with Crippen LogP contribution in [0.3, 0.4) is 0 Å². The van der Waals surface area contributed by atoms with E-state index in [0.29, 0.717) is 24.8 Å². The number of carbonyl (C=O) groups excluding carboxylic acids is 1. The third-order valence-electron chi connectivity index (χ3n) is 5.08. The monoisotopic (exact) mass is 356 g/mol. The summed E-state index contributed by atoms with van der Waals surface area (Å²) in [7, 11) is 0. The lowest BCUT2D eigenvalue weighted by Crippen LogP contribution is -2.49. The van der Waals surface area contributed by atoms with Crippen LogP contribution in [0.25, 0.3) is 11.1 Å². The van der Waals surface area contributed by atoms with Crippen molar-refractivity contribution in [3.63, 3.8) is 0 Å². The molecule has 2 unspecified atom stereocenters. The molecule has 0 radical (unpaired) electrons. The van der Waals surface area contributed by atoms with Gasteiger partial charge in [-0.2, -0.15) is 11.8 Å². The van der Waals surface area contributed by atoms with Crippen molar-refractivity contribution in [1.29, 1.82) is 0 Å². The molecule has 2 aromatic rings. The minimum absolute atomic E-state index is 0.0363. The van der Waals surface area contributed by atoms with Crippen molar-refractivity contribution >= 4 is 17.7 Å². The van der Waals surface area contributed by atoms with Crippen molar-refractivity contribution < 1.29 is 4.79 Å². The van der Waals surface area contributed by atoms with E-state index in [0.717, 1.165) is 29.8 Å². The highest BCUT2D eigenvalue weighted by molar-refractivity contribution is 7.99. The molecule has 2 aliphatic rings. The number of carbonyl (C=O) groups is 1. The lowest BCUT2D eigenvalue weighted by atomic mass is 9.80. The quantitative estimate of drug-likeness (QED) is 0.836. The highest BCUT2D eigenvalue weighted by atomic mass is 32.2. The first-order valence-electron chi connectivity index (χ1n) is 8.43. The third kappa shape index (κ3) is 2.97. The molecule has 1 fully saturated rings. The Kier molecular flexibility index (Phi) is 4.33. The van der Waals surface area contributed by atoms with Gasteiger partial charge in [0, 0.05) is 60.8 Å². The molecule has 4 heterocycles. The average molecular weight is 356 g/mol. The van der Waals surface area contributed by atoms with Crippen LogP contribution in [0.5, 0.6) is 0 Å². The minimum atomic E-state index is 0.0363. The Hall–Kier alpha value is -2.15. The van der Waals surface area contributed by atoms with E-state index in [-0.39, 0.29) is 17.4 Å². The van der Waals surface area contributed by atoms with Gasteiger partial charge in [-0.25, -0.2) is 9.97 Å². The zero-order chi connectivity index (χ0) is 17.4. The molecule has 0 spiro atoms. The normalized spacial score (nSPS) is 21.7. The van der Waals surface area contributed by atoms with Gasteiger partial charge in [0.25, 0.3) is 5.56 Å². The van der Waals surface area contributed by atoms with Crippen molar-refractivity contribution in [1.82, 2.24) is 19.4 Å². The van der Waals surface area contributed by atoms with Crippen molar-refractivity contribution in [2.75, 3.05) is 25.1 Å². The number of rotatable bonds is 3. The summed E-state index contributed by atoms with van der Waals surface area (Å²) >= 11 is 1.56. The molecule has 2 bridgehead atoms. The molecule has 4 rings (SSSR count). The highest BCUT2D eigenvalue weighted by Gasteiger charge is 2.37. The number of likely N-dealkylation sites (tertiary alicyclic amines) is 1. The second-order valence-corrected chi connectivity index (χ2v) is 7.60. The fourth-order valence-electron chi connectivity index (χ4n) is 4.12. The van der Waals surface area contributed by atoms with Crippen LogP contribution in [0, 0.1) is 5.92 Å². The maximum Gasteiger partial charge on any atom is 0.250 e. The summed E-state index contributed by atoms with van der Waals surface area (Å²) in [4.78, 5) is 35.0. The third-order valence-corrected chi connectivity index (χ3v) is 5.62. The van der Waals surface area contributed by atoms with Gasteiger partial charge in [0.05, 0.1) is 5.75 Å². The molecule has 6 nitrogen and oxygen atoms in total. The predicted octanol–water partition coefficient (Wildman–Crippen LogP) is 1.61. The average Bonchev–Trinajstić information content (AvgIpc) is 2.63. The largest absolute Gasteiger partial charge is 0.341 e. The second-order valence-electron chi connectivity index (χ2n) is 6.74. The molecule has 7 heteroatoms. The van der Waals surface area contributed by atoms with Gasteiger partial charge in [0.15, 0.2) is 0 Å². The van der Waals surface area contributed by atoms with E-state index < -0.39 is 0 Å². The number of aromatic nitrogens is 3. The van der Waals surface area contributed by atoms with E-state index in [4.69, 9.17) is 0 Å². The molecule has 2 aliphatic heterocycles. The SMILES string of the molecule is CSCC(=O)N1CC2CC(C1)c1c(-c3cncnc3)ccc(=O)n1C2. The van der Waals surface area contributed by atoms with Gasteiger partial charge >= 0.3 is 0 Å². The van der Waals surface area contributed by atoms with Gasteiger partial charge < -0.3 is 9.47 Å². The number of hydrogen-bond donors (Lipinski definition) is 0. The minimum Gasteiger partial charge on any atom is -0.341 e. The maximum absolute atomic E-state index is 12.4. The number of nitrogens with zero attached hydrogens (tertiary/aromatic N) is 4. The first kappa shape index (κ1) is 16.3. The summed E-state index contributed by atoms with van der Waals surface area (Å²) < 4.78 is 1.90. The molecule has 25 heavy (non-hydrogen) atoms. The first-order chi connectivity index (χ1) is 12.2. The van der Waals surface area contributed by atoms with E-state index in [2.05, 4.69) is 9.97 Å². The molecule has 2 aromatic heterocycles. The van der Waals surface area contributed by atoms with E-state index >= 15 is 0 Å². The Morgan fingerprint density at radius 2 is 2.04 bits per heavy atom. The molecule has 1 saturated heterocycles.